The molecule has 4 aliphatic rings. The van der Waals surface area contributed by atoms with Crippen molar-refractivity contribution in [3.05, 3.63) is 30.0 Å². The number of hydrogen-bond donors (Lipinski definition) is 2. The first-order valence-corrected chi connectivity index (χ1v) is 13.5. The van der Waals surface area contributed by atoms with Gasteiger partial charge in [0.15, 0.2) is 5.82 Å². The maximum absolute atomic E-state index is 12.7. The summed E-state index contributed by atoms with van der Waals surface area (Å²) in [5.41, 5.74) is 3.47. The first-order valence-electron chi connectivity index (χ1n) is 12.1. The maximum atomic E-state index is 12.7. The Labute approximate surface area is 198 Å². The zero-order valence-electron chi connectivity index (χ0n) is 19.1. The van der Waals surface area contributed by atoms with Crippen LogP contribution in [0.15, 0.2) is 29.2 Å². The van der Waals surface area contributed by atoms with Gasteiger partial charge in [0.25, 0.3) is 0 Å². The van der Waals surface area contributed by atoms with Gasteiger partial charge in [-0.2, -0.15) is 4.98 Å². The van der Waals surface area contributed by atoms with Crippen molar-refractivity contribution in [2.75, 3.05) is 59.5 Å². The van der Waals surface area contributed by atoms with E-state index in [9.17, 15) is 4.55 Å². The number of aryl methyl sites for hydroxylation is 1. The fourth-order valence-corrected chi connectivity index (χ4v) is 6.93. The third-order valence-corrected chi connectivity index (χ3v) is 8.97. The van der Waals surface area contributed by atoms with Crippen LogP contribution in [0.5, 0.6) is 0 Å². The number of aromatic nitrogens is 2. The van der Waals surface area contributed by atoms with Crippen LogP contribution in [-0.2, 0) is 22.3 Å². The lowest BCUT2D eigenvalue weighted by atomic mass is 9.93. The molecule has 5 heterocycles. The average Bonchev–Trinajstić information content (AvgIpc) is 3.40. The summed E-state index contributed by atoms with van der Waals surface area (Å²) in [5.74, 6) is 2.79. The van der Waals surface area contributed by atoms with Crippen LogP contribution < -0.4 is 20.4 Å². The third-order valence-electron chi connectivity index (χ3n) is 7.51. The topological polar surface area (TPSA) is 88.6 Å². The Hall–Kier alpha value is -2.23. The number of piperidine rings is 1. The molecule has 0 saturated carbocycles. The summed E-state index contributed by atoms with van der Waals surface area (Å²) in [4.78, 5) is 15.3. The van der Waals surface area contributed by atoms with Crippen LogP contribution in [0.2, 0.25) is 0 Å². The van der Waals surface area contributed by atoms with Gasteiger partial charge in [0.05, 0.1) is 11.4 Å². The van der Waals surface area contributed by atoms with E-state index in [1.807, 2.05) is 0 Å². The molecular weight excluding hydrogens is 436 g/mol. The minimum absolute atomic E-state index is 0.319. The van der Waals surface area contributed by atoms with Gasteiger partial charge in [0.2, 0.25) is 10.8 Å². The molecule has 0 spiro atoms. The molecular formula is C24H32N6O2S. The number of fused-ring (bicyclic) bond motifs is 2. The summed E-state index contributed by atoms with van der Waals surface area (Å²) in [5, 5.41) is 7.32. The van der Waals surface area contributed by atoms with Crippen molar-refractivity contribution in [1.82, 2.24) is 9.97 Å². The fourth-order valence-electron chi connectivity index (χ4n) is 5.62. The van der Waals surface area contributed by atoms with Crippen molar-refractivity contribution < 1.29 is 9.29 Å². The molecule has 4 aliphatic heterocycles. The summed E-state index contributed by atoms with van der Waals surface area (Å²) in [6.07, 6.45) is 5.19. The van der Waals surface area contributed by atoms with Crippen molar-refractivity contribution in [3.8, 4) is 0 Å². The minimum Gasteiger partial charge on any atom is -0.611 e. The normalized spacial score (nSPS) is 25.6. The van der Waals surface area contributed by atoms with Gasteiger partial charge in [-0.25, -0.2) is 4.98 Å². The predicted octanol–water partition coefficient (Wildman–Crippen LogP) is 2.84. The molecule has 6 rings (SSSR count). The molecule has 1 aromatic heterocycles. The average molecular weight is 469 g/mol. The molecule has 1 aromatic carbocycles. The van der Waals surface area contributed by atoms with Crippen molar-refractivity contribution in [3.63, 3.8) is 0 Å². The highest BCUT2D eigenvalue weighted by Gasteiger charge is 2.37. The van der Waals surface area contributed by atoms with E-state index >= 15 is 0 Å². The van der Waals surface area contributed by atoms with E-state index < -0.39 is 11.2 Å². The number of hydrogen-bond acceptors (Lipinski definition) is 8. The third kappa shape index (κ3) is 4.00. The SMILES string of the molecule is CN1c2ccccc2NC1C1CCN(c2nc3c(c(NC4CCOCC4)n2)[S+]([O-])CC3)CC1. The number of para-hydroxylation sites is 2. The molecule has 0 aliphatic carbocycles. The highest BCUT2D eigenvalue weighted by molar-refractivity contribution is 7.91. The summed E-state index contributed by atoms with van der Waals surface area (Å²) in [6.45, 7) is 3.40. The summed E-state index contributed by atoms with van der Waals surface area (Å²) in [6, 6.07) is 8.86. The maximum Gasteiger partial charge on any atom is 0.227 e. The van der Waals surface area contributed by atoms with Crippen molar-refractivity contribution in [2.24, 2.45) is 5.92 Å². The van der Waals surface area contributed by atoms with E-state index in [2.05, 4.69) is 51.7 Å². The first-order chi connectivity index (χ1) is 16.2. The highest BCUT2D eigenvalue weighted by atomic mass is 32.2. The standard InChI is InChI=1S/C24H32N6O2S/c1-29-20-5-3-2-4-18(20)26-23(29)16-6-11-30(12-7-16)24-27-19-10-15-33(31)21(19)22(28-24)25-17-8-13-32-14-9-17/h2-5,16-17,23,26H,6-15H2,1H3,(H,25,27,28). The number of ether oxygens (including phenoxy) is 1. The van der Waals surface area contributed by atoms with Crippen molar-refractivity contribution >= 4 is 34.3 Å². The molecule has 2 atom stereocenters. The zero-order chi connectivity index (χ0) is 22.4. The fraction of sp³-hybridized carbons (Fsp3) is 0.583. The van der Waals surface area contributed by atoms with Crippen LogP contribution in [0.1, 0.15) is 31.4 Å². The lowest BCUT2D eigenvalue weighted by Crippen LogP contribution is -2.45. The first kappa shape index (κ1) is 21.3. The van der Waals surface area contributed by atoms with Gasteiger partial charge < -0.3 is 29.7 Å². The molecule has 0 radical (unpaired) electrons. The van der Waals surface area contributed by atoms with E-state index in [0.29, 0.717) is 23.9 Å². The summed E-state index contributed by atoms with van der Waals surface area (Å²) < 4.78 is 18.2. The van der Waals surface area contributed by atoms with Gasteiger partial charge in [-0.15, -0.1) is 0 Å². The van der Waals surface area contributed by atoms with E-state index in [0.717, 1.165) is 80.8 Å². The second kappa shape index (κ2) is 8.85. The minimum atomic E-state index is -1.01. The van der Waals surface area contributed by atoms with Gasteiger partial charge in [-0.3, -0.25) is 0 Å². The quantitative estimate of drug-likeness (QED) is 0.663. The molecule has 8 nitrogen and oxygen atoms in total. The Balaban J connectivity index is 1.17. The number of nitrogens with one attached hydrogen (secondary N) is 2. The molecule has 33 heavy (non-hydrogen) atoms. The number of nitrogens with zero attached hydrogens (tertiary/aromatic N) is 4. The van der Waals surface area contributed by atoms with E-state index in [4.69, 9.17) is 14.7 Å². The number of benzene rings is 1. The van der Waals surface area contributed by atoms with Crippen LogP contribution in [0.3, 0.4) is 0 Å². The van der Waals surface area contributed by atoms with Crippen LogP contribution in [-0.4, -0.2) is 65.8 Å². The summed E-state index contributed by atoms with van der Waals surface area (Å²) >= 11 is -1.01. The Morgan fingerprint density at radius 3 is 2.70 bits per heavy atom. The van der Waals surface area contributed by atoms with Crippen molar-refractivity contribution in [1.29, 1.82) is 0 Å². The Kier molecular flexibility index (Phi) is 5.72. The van der Waals surface area contributed by atoms with E-state index in [1.54, 1.807) is 0 Å². The molecule has 9 heteroatoms. The molecule has 2 unspecified atom stereocenters. The van der Waals surface area contributed by atoms with Crippen LogP contribution in [0, 0.1) is 5.92 Å². The van der Waals surface area contributed by atoms with E-state index in [1.165, 1.54) is 11.4 Å². The van der Waals surface area contributed by atoms with Gasteiger partial charge in [0, 0.05) is 51.7 Å². The Morgan fingerprint density at radius 2 is 1.91 bits per heavy atom. The highest BCUT2D eigenvalue weighted by Crippen LogP contribution is 2.39. The van der Waals surface area contributed by atoms with Crippen LogP contribution in [0.4, 0.5) is 23.1 Å². The van der Waals surface area contributed by atoms with Gasteiger partial charge >= 0.3 is 0 Å². The molecule has 0 bridgehead atoms. The smallest absolute Gasteiger partial charge is 0.227 e. The predicted molar refractivity (Wildman–Crippen MR) is 132 cm³/mol. The lowest BCUT2D eigenvalue weighted by Gasteiger charge is -2.37. The van der Waals surface area contributed by atoms with E-state index in [-0.39, 0.29) is 0 Å². The van der Waals surface area contributed by atoms with Crippen LogP contribution >= 0.6 is 0 Å². The largest absolute Gasteiger partial charge is 0.611 e. The van der Waals surface area contributed by atoms with Gasteiger partial charge in [-0.05, 0) is 49.0 Å². The Bertz CT molecular complexity index is 1010. The number of rotatable bonds is 4. The molecule has 176 valence electrons. The van der Waals surface area contributed by atoms with Gasteiger partial charge in [-0.1, -0.05) is 12.1 Å². The molecule has 0 amide bonds. The molecule has 2 N–H and O–H groups in total. The Morgan fingerprint density at radius 1 is 1.12 bits per heavy atom. The monoisotopic (exact) mass is 468 g/mol. The zero-order valence-corrected chi connectivity index (χ0v) is 19.9. The summed E-state index contributed by atoms with van der Waals surface area (Å²) in [7, 11) is 2.19. The second-order valence-electron chi connectivity index (χ2n) is 9.52. The molecule has 2 aromatic rings. The second-order valence-corrected chi connectivity index (χ2v) is 11.0. The lowest BCUT2D eigenvalue weighted by molar-refractivity contribution is 0.0903. The van der Waals surface area contributed by atoms with Crippen molar-refractivity contribution in [2.45, 2.75) is 49.2 Å². The number of anilines is 4. The van der Waals surface area contributed by atoms with Gasteiger partial charge in [0.1, 0.15) is 17.6 Å². The molecule has 2 saturated heterocycles. The molecule has 2 fully saturated rings. The van der Waals surface area contributed by atoms with Crippen LogP contribution in [0.25, 0.3) is 0 Å².